The van der Waals surface area contributed by atoms with E-state index < -0.39 is 10.7 Å². The van der Waals surface area contributed by atoms with Crippen LogP contribution in [-0.4, -0.2) is 4.92 Å². The average molecular weight is 281 g/mol. The number of nitrogens with zero attached hydrogens (tertiary/aromatic N) is 1. The number of hydrogen-bond acceptors (Lipinski definition) is 3. The summed E-state index contributed by atoms with van der Waals surface area (Å²) in [6.45, 7) is 0.409. The molecule has 0 aliphatic heterocycles. The highest BCUT2D eigenvalue weighted by atomic mass is 35.5. The first-order valence-electron chi connectivity index (χ1n) is 5.48. The van der Waals surface area contributed by atoms with E-state index in [0.717, 1.165) is 11.3 Å². The molecule has 4 nitrogen and oxygen atoms in total. The lowest BCUT2D eigenvalue weighted by Gasteiger charge is -2.06. The van der Waals surface area contributed by atoms with Gasteiger partial charge in [0.05, 0.1) is 9.95 Å². The molecule has 1 N–H and O–H groups in total. The Labute approximate surface area is 114 Å². The fourth-order valence-electron chi connectivity index (χ4n) is 1.55. The zero-order valence-electron chi connectivity index (χ0n) is 9.77. The molecule has 19 heavy (non-hydrogen) atoms. The summed E-state index contributed by atoms with van der Waals surface area (Å²) in [5, 5.41) is 13.6. The van der Waals surface area contributed by atoms with Crippen LogP contribution in [0.4, 0.5) is 15.8 Å². The Bertz CT molecular complexity index is 602. The number of anilines is 1. The Morgan fingerprint density at radius 3 is 2.47 bits per heavy atom. The van der Waals surface area contributed by atoms with Gasteiger partial charge < -0.3 is 5.32 Å². The van der Waals surface area contributed by atoms with Gasteiger partial charge in [-0.05, 0) is 29.8 Å². The predicted molar refractivity (Wildman–Crippen MR) is 71.8 cm³/mol. The molecule has 0 saturated heterocycles. The van der Waals surface area contributed by atoms with Crippen LogP contribution in [0.25, 0.3) is 0 Å². The Morgan fingerprint density at radius 2 is 1.89 bits per heavy atom. The van der Waals surface area contributed by atoms with Crippen LogP contribution >= 0.6 is 11.6 Å². The molecule has 98 valence electrons. The number of nitrogens with one attached hydrogen (secondary N) is 1. The minimum absolute atomic E-state index is 0.0306. The van der Waals surface area contributed by atoms with Crippen LogP contribution in [0.3, 0.4) is 0 Å². The van der Waals surface area contributed by atoms with E-state index in [-0.39, 0.29) is 10.7 Å². The van der Waals surface area contributed by atoms with Gasteiger partial charge >= 0.3 is 0 Å². The van der Waals surface area contributed by atoms with E-state index in [2.05, 4.69) is 5.32 Å². The Hall–Kier alpha value is -2.14. The van der Waals surface area contributed by atoms with Crippen molar-refractivity contribution in [1.29, 1.82) is 0 Å². The predicted octanol–water partition coefficient (Wildman–Crippen LogP) is 4.00. The van der Waals surface area contributed by atoms with Crippen LogP contribution in [0, 0.1) is 15.9 Å². The van der Waals surface area contributed by atoms with E-state index in [1.54, 1.807) is 18.2 Å². The van der Waals surface area contributed by atoms with Crippen molar-refractivity contribution in [2.75, 3.05) is 5.32 Å². The minimum atomic E-state index is -0.468. The minimum Gasteiger partial charge on any atom is -0.381 e. The van der Waals surface area contributed by atoms with Gasteiger partial charge in [-0.1, -0.05) is 17.7 Å². The van der Waals surface area contributed by atoms with Gasteiger partial charge in [-0.15, -0.1) is 0 Å². The van der Waals surface area contributed by atoms with Crippen molar-refractivity contribution in [2.24, 2.45) is 0 Å². The standard InChI is InChI=1S/C13H10ClFN2O2/c14-12-6-1-9(7-13(12)15)8-16-10-2-4-11(5-3-10)17(18)19/h1-7,16H,8H2. The summed E-state index contributed by atoms with van der Waals surface area (Å²) in [6, 6.07) is 10.6. The van der Waals surface area contributed by atoms with Crippen molar-refractivity contribution in [3.05, 3.63) is 69.0 Å². The van der Waals surface area contributed by atoms with E-state index in [9.17, 15) is 14.5 Å². The quantitative estimate of drug-likeness (QED) is 0.680. The molecule has 0 heterocycles. The number of benzene rings is 2. The molecule has 2 aromatic rings. The number of rotatable bonds is 4. The van der Waals surface area contributed by atoms with Gasteiger partial charge in [0.1, 0.15) is 5.82 Å². The van der Waals surface area contributed by atoms with Gasteiger partial charge in [0.25, 0.3) is 5.69 Å². The van der Waals surface area contributed by atoms with E-state index in [4.69, 9.17) is 11.6 Å². The molecule has 0 unspecified atom stereocenters. The average Bonchev–Trinajstić information content (AvgIpc) is 2.40. The van der Waals surface area contributed by atoms with Gasteiger partial charge in [0.15, 0.2) is 0 Å². The van der Waals surface area contributed by atoms with Crippen molar-refractivity contribution in [1.82, 2.24) is 0 Å². The summed E-state index contributed by atoms with van der Waals surface area (Å²) in [6.07, 6.45) is 0. The van der Waals surface area contributed by atoms with Crippen LogP contribution in [0.5, 0.6) is 0 Å². The lowest BCUT2D eigenvalue weighted by molar-refractivity contribution is -0.384. The third-order valence-electron chi connectivity index (χ3n) is 2.56. The maximum atomic E-state index is 13.2. The van der Waals surface area contributed by atoms with E-state index in [1.807, 2.05) is 0 Å². The molecule has 0 aliphatic rings. The Balaban J connectivity index is 2.01. The van der Waals surface area contributed by atoms with Gasteiger partial charge in [0, 0.05) is 24.4 Å². The lowest BCUT2D eigenvalue weighted by atomic mass is 10.2. The summed E-state index contributed by atoms with van der Waals surface area (Å²) in [7, 11) is 0. The Kier molecular flexibility index (Phi) is 3.97. The molecule has 0 radical (unpaired) electrons. The molecular formula is C13H10ClFN2O2. The summed E-state index contributed by atoms with van der Waals surface area (Å²) < 4.78 is 13.2. The second kappa shape index (κ2) is 5.67. The van der Waals surface area contributed by atoms with Gasteiger partial charge in [-0.25, -0.2) is 4.39 Å². The smallest absolute Gasteiger partial charge is 0.269 e. The molecule has 0 atom stereocenters. The van der Waals surface area contributed by atoms with E-state index >= 15 is 0 Å². The van der Waals surface area contributed by atoms with Crippen molar-refractivity contribution in [3.63, 3.8) is 0 Å². The molecular weight excluding hydrogens is 271 g/mol. The number of halogens is 2. The van der Waals surface area contributed by atoms with Crippen LogP contribution in [0.1, 0.15) is 5.56 Å². The molecule has 2 aromatic carbocycles. The van der Waals surface area contributed by atoms with Crippen molar-refractivity contribution < 1.29 is 9.31 Å². The molecule has 0 aromatic heterocycles. The van der Waals surface area contributed by atoms with Crippen LogP contribution in [0.15, 0.2) is 42.5 Å². The molecule has 0 amide bonds. The van der Waals surface area contributed by atoms with Crippen molar-refractivity contribution in [2.45, 2.75) is 6.54 Å². The Morgan fingerprint density at radius 1 is 1.21 bits per heavy atom. The zero-order valence-corrected chi connectivity index (χ0v) is 10.5. The summed E-state index contributed by atoms with van der Waals surface area (Å²) in [4.78, 5) is 10.0. The fourth-order valence-corrected chi connectivity index (χ4v) is 1.67. The SMILES string of the molecule is O=[N+]([O-])c1ccc(NCc2ccc(Cl)c(F)c2)cc1. The molecule has 0 saturated carbocycles. The number of non-ortho nitro benzene ring substituents is 1. The maximum absolute atomic E-state index is 13.2. The second-order valence-corrected chi connectivity index (χ2v) is 4.31. The molecule has 2 rings (SSSR count). The van der Waals surface area contributed by atoms with Gasteiger partial charge in [-0.3, -0.25) is 10.1 Å². The van der Waals surface area contributed by atoms with E-state index in [1.165, 1.54) is 24.3 Å². The summed E-state index contributed by atoms with van der Waals surface area (Å²) >= 11 is 5.59. The molecule has 0 bridgehead atoms. The fraction of sp³-hybridized carbons (Fsp3) is 0.0769. The summed E-state index contributed by atoms with van der Waals surface area (Å²) in [5.41, 5.74) is 1.49. The summed E-state index contributed by atoms with van der Waals surface area (Å²) in [5.74, 6) is -0.468. The van der Waals surface area contributed by atoms with Crippen molar-refractivity contribution >= 4 is 23.0 Å². The molecule has 0 spiro atoms. The van der Waals surface area contributed by atoms with Crippen LogP contribution in [-0.2, 0) is 6.54 Å². The molecule has 0 fully saturated rings. The third kappa shape index (κ3) is 3.42. The van der Waals surface area contributed by atoms with Crippen LogP contribution < -0.4 is 5.32 Å². The number of nitro groups is 1. The molecule has 6 heteroatoms. The number of hydrogen-bond donors (Lipinski definition) is 1. The van der Waals surface area contributed by atoms with Gasteiger partial charge in [0.2, 0.25) is 0 Å². The number of nitro benzene ring substituents is 1. The van der Waals surface area contributed by atoms with Gasteiger partial charge in [-0.2, -0.15) is 0 Å². The normalized spacial score (nSPS) is 10.2. The maximum Gasteiger partial charge on any atom is 0.269 e. The highest BCUT2D eigenvalue weighted by molar-refractivity contribution is 6.30. The first-order valence-corrected chi connectivity index (χ1v) is 5.86. The van der Waals surface area contributed by atoms with E-state index in [0.29, 0.717) is 6.54 Å². The largest absolute Gasteiger partial charge is 0.381 e. The van der Waals surface area contributed by atoms with Crippen LogP contribution in [0.2, 0.25) is 5.02 Å². The topological polar surface area (TPSA) is 55.2 Å². The highest BCUT2D eigenvalue weighted by Crippen LogP contribution is 2.18. The molecule has 0 aliphatic carbocycles. The monoisotopic (exact) mass is 280 g/mol. The highest BCUT2D eigenvalue weighted by Gasteiger charge is 2.04. The lowest BCUT2D eigenvalue weighted by Crippen LogP contribution is -2.00. The second-order valence-electron chi connectivity index (χ2n) is 3.91. The van der Waals surface area contributed by atoms with Crippen molar-refractivity contribution in [3.8, 4) is 0 Å². The third-order valence-corrected chi connectivity index (χ3v) is 2.87. The zero-order chi connectivity index (χ0) is 13.8. The first kappa shape index (κ1) is 13.3. The first-order chi connectivity index (χ1) is 9.06.